The van der Waals surface area contributed by atoms with Gasteiger partial charge < -0.3 is 13.5 Å². The number of thioether (sulfide) groups is 1. The van der Waals surface area contributed by atoms with Gasteiger partial charge in [0.1, 0.15) is 0 Å². The zero-order valence-corrected chi connectivity index (χ0v) is 11.5. The minimum Gasteiger partial charge on any atom is -0.461 e. The third kappa shape index (κ3) is 2.13. The molecule has 0 spiro atoms. The molecule has 3 aromatic rings. The van der Waals surface area contributed by atoms with E-state index in [2.05, 4.69) is 15.6 Å². The van der Waals surface area contributed by atoms with Crippen molar-refractivity contribution in [3.8, 4) is 11.5 Å². The van der Waals surface area contributed by atoms with Gasteiger partial charge in [0.15, 0.2) is 11.5 Å². The average Bonchev–Trinajstić information content (AvgIpc) is 3.25. The molecule has 106 valence electrons. The van der Waals surface area contributed by atoms with Crippen molar-refractivity contribution in [2.24, 2.45) is 0 Å². The van der Waals surface area contributed by atoms with Crippen LogP contribution in [0.4, 0.5) is 5.88 Å². The average molecular weight is 303 g/mol. The number of hydrogen-bond donors (Lipinski definition) is 1. The van der Waals surface area contributed by atoms with E-state index in [1.54, 1.807) is 23.9 Å². The molecule has 1 aliphatic rings. The van der Waals surface area contributed by atoms with Crippen LogP contribution in [-0.2, 0) is 11.5 Å². The molecule has 0 aliphatic carbocycles. The highest BCUT2D eigenvalue weighted by atomic mass is 32.2. The van der Waals surface area contributed by atoms with Crippen LogP contribution >= 0.6 is 11.8 Å². The fraction of sp³-hybridized carbons (Fsp3) is 0.154. The molecule has 21 heavy (non-hydrogen) atoms. The normalized spacial score (nSPS) is 13.3. The Kier molecular flexibility index (Phi) is 2.81. The van der Waals surface area contributed by atoms with Gasteiger partial charge in [0.05, 0.1) is 17.5 Å². The Balaban J connectivity index is 1.55. The summed E-state index contributed by atoms with van der Waals surface area (Å²) >= 11 is 1.73. The number of hydrogen-bond acceptors (Lipinski definition) is 7. The SMILES string of the molecule is O=C(Nc1onc2c1CSC2)c1cc(-c2ccco2)on1. The second-order valence-electron chi connectivity index (χ2n) is 4.44. The van der Waals surface area contributed by atoms with Gasteiger partial charge in [-0.2, -0.15) is 11.8 Å². The van der Waals surface area contributed by atoms with Crippen molar-refractivity contribution in [1.82, 2.24) is 10.3 Å². The number of aromatic nitrogens is 2. The van der Waals surface area contributed by atoms with Crippen molar-refractivity contribution in [3.05, 3.63) is 41.4 Å². The van der Waals surface area contributed by atoms with E-state index in [0.717, 1.165) is 22.8 Å². The Morgan fingerprint density at radius 2 is 2.19 bits per heavy atom. The number of carbonyl (C=O) groups is 1. The van der Waals surface area contributed by atoms with Crippen LogP contribution < -0.4 is 5.32 Å². The number of anilines is 1. The third-order valence-corrected chi connectivity index (χ3v) is 4.06. The van der Waals surface area contributed by atoms with Crippen LogP contribution in [0.5, 0.6) is 0 Å². The van der Waals surface area contributed by atoms with Gasteiger partial charge in [-0.25, -0.2) is 0 Å². The third-order valence-electron chi connectivity index (χ3n) is 3.09. The lowest BCUT2D eigenvalue weighted by molar-refractivity contribution is 0.101. The van der Waals surface area contributed by atoms with Crippen molar-refractivity contribution in [3.63, 3.8) is 0 Å². The molecular weight excluding hydrogens is 294 g/mol. The lowest BCUT2D eigenvalue weighted by Crippen LogP contribution is -2.12. The molecule has 1 aliphatic heterocycles. The predicted molar refractivity (Wildman–Crippen MR) is 73.7 cm³/mol. The van der Waals surface area contributed by atoms with Crippen LogP contribution in [0.3, 0.4) is 0 Å². The first-order chi connectivity index (χ1) is 10.3. The molecule has 4 rings (SSSR count). The van der Waals surface area contributed by atoms with Crippen molar-refractivity contribution in [2.75, 3.05) is 5.32 Å². The molecule has 0 atom stereocenters. The Morgan fingerprint density at radius 3 is 3.05 bits per heavy atom. The van der Waals surface area contributed by atoms with Gasteiger partial charge >= 0.3 is 0 Å². The van der Waals surface area contributed by atoms with Crippen molar-refractivity contribution >= 4 is 23.6 Å². The lowest BCUT2D eigenvalue weighted by atomic mass is 10.2. The van der Waals surface area contributed by atoms with E-state index in [0.29, 0.717) is 17.4 Å². The molecule has 0 bridgehead atoms. The Morgan fingerprint density at radius 1 is 1.24 bits per heavy atom. The van der Waals surface area contributed by atoms with E-state index < -0.39 is 5.91 Å². The maximum Gasteiger partial charge on any atom is 0.280 e. The summed E-state index contributed by atoms with van der Waals surface area (Å²) < 4.78 is 15.4. The Bertz CT molecular complexity index is 790. The smallest absolute Gasteiger partial charge is 0.280 e. The van der Waals surface area contributed by atoms with Gasteiger partial charge in [-0.15, -0.1) is 0 Å². The van der Waals surface area contributed by atoms with Crippen molar-refractivity contribution < 1.29 is 18.3 Å². The fourth-order valence-electron chi connectivity index (χ4n) is 2.04. The van der Waals surface area contributed by atoms with Crippen LogP contribution in [0.25, 0.3) is 11.5 Å². The van der Waals surface area contributed by atoms with E-state index in [1.807, 2.05) is 0 Å². The van der Waals surface area contributed by atoms with Crippen LogP contribution in [0, 0.1) is 0 Å². The summed E-state index contributed by atoms with van der Waals surface area (Å²) in [5, 5.41) is 10.3. The highest BCUT2D eigenvalue weighted by Crippen LogP contribution is 2.34. The monoisotopic (exact) mass is 303 g/mol. The van der Waals surface area contributed by atoms with Gasteiger partial charge in [-0.05, 0) is 12.1 Å². The van der Waals surface area contributed by atoms with Gasteiger partial charge in [-0.1, -0.05) is 10.3 Å². The summed E-state index contributed by atoms with van der Waals surface area (Å²) in [5.74, 6) is 2.46. The number of rotatable bonds is 3. The summed E-state index contributed by atoms with van der Waals surface area (Å²) in [6.07, 6.45) is 1.52. The van der Waals surface area contributed by atoms with E-state index in [-0.39, 0.29) is 5.69 Å². The standard InChI is InChI=1S/C13H9N3O4S/c17-12(14-13-7-5-21-6-9(7)16-20-13)8-4-11(19-15-8)10-2-1-3-18-10/h1-4H,5-6H2,(H,14,17). The lowest BCUT2D eigenvalue weighted by Gasteiger charge is -1.98. The first kappa shape index (κ1) is 12.3. The molecule has 1 N–H and O–H groups in total. The molecule has 3 aromatic heterocycles. The number of carbonyl (C=O) groups excluding carboxylic acids is 1. The Labute approximate surface area is 122 Å². The van der Waals surface area contributed by atoms with Gasteiger partial charge in [0, 0.05) is 17.6 Å². The highest BCUT2D eigenvalue weighted by Gasteiger charge is 2.24. The maximum absolute atomic E-state index is 12.1. The molecule has 1 amide bonds. The van der Waals surface area contributed by atoms with Crippen molar-refractivity contribution in [1.29, 1.82) is 0 Å². The molecule has 0 saturated carbocycles. The topological polar surface area (TPSA) is 94.3 Å². The minimum absolute atomic E-state index is 0.150. The molecule has 0 fully saturated rings. The predicted octanol–water partition coefficient (Wildman–Crippen LogP) is 2.92. The van der Waals surface area contributed by atoms with Gasteiger partial charge in [0.2, 0.25) is 11.6 Å². The van der Waals surface area contributed by atoms with E-state index in [4.69, 9.17) is 13.5 Å². The molecule has 0 radical (unpaired) electrons. The van der Waals surface area contributed by atoms with Crippen LogP contribution in [-0.4, -0.2) is 16.2 Å². The minimum atomic E-state index is -0.410. The molecular formula is C13H9N3O4S. The quantitative estimate of drug-likeness (QED) is 0.794. The molecule has 0 aromatic carbocycles. The number of amides is 1. The van der Waals surface area contributed by atoms with E-state index >= 15 is 0 Å². The molecule has 0 unspecified atom stereocenters. The van der Waals surface area contributed by atoms with Crippen LogP contribution in [0.2, 0.25) is 0 Å². The summed E-state index contributed by atoms with van der Waals surface area (Å²) in [4.78, 5) is 12.1. The molecule has 8 heteroatoms. The van der Waals surface area contributed by atoms with Crippen LogP contribution in [0.15, 0.2) is 37.9 Å². The molecule has 7 nitrogen and oxygen atoms in total. The summed E-state index contributed by atoms with van der Waals surface area (Å²) in [7, 11) is 0. The number of furan rings is 1. The highest BCUT2D eigenvalue weighted by molar-refractivity contribution is 7.98. The number of nitrogens with one attached hydrogen (secondary N) is 1. The summed E-state index contributed by atoms with van der Waals surface area (Å²) in [5.41, 5.74) is 1.96. The number of nitrogens with zero attached hydrogens (tertiary/aromatic N) is 2. The molecule has 0 saturated heterocycles. The maximum atomic E-state index is 12.1. The van der Waals surface area contributed by atoms with Gasteiger partial charge in [-0.3, -0.25) is 10.1 Å². The van der Waals surface area contributed by atoms with E-state index in [9.17, 15) is 4.79 Å². The van der Waals surface area contributed by atoms with E-state index in [1.165, 1.54) is 12.3 Å². The molecule has 4 heterocycles. The zero-order valence-electron chi connectivity index (χ0n) is 10.7. The second-order valence-corrected chi connectivity index (χ2v) is 5.42. The Hall–Kier alpha value is -2.48. The first-order valence-electron chi connectivity index (χ1n) is 6.18. The zero-order chi connectivity index (χ0) is 14.2. The summed E-state index contributed by atoms with van der Waals surface area (Å²) in [6.45, 7) is 0. The largest absolute Gasteiger partial charge is 0.461 e. The van der Waals surface area contributed by atoms with Gasteiger partial charge in [0.25, 0.3) is 5.91 Å². The first-order valence-corrected chi connectivity index (χ1v) is 7.34. The fourth-order valence-corrected chi connectivity index (χ4v) is 3.06. The van der Waals surface area contributed by atoms with Crippen LogP contribution in [0.1, 0.15) is 21.7 Å². The van der Waals surface area contributed by atoms with Crippen molar-refractivity contribution in [2.45, 2.75) is 11.5 Å². The second kappa shape index (κ2) is 4.81. The number of fused-ring (bicyclic) bond motifs is 1. The summed E-state index contributed by atoms with van der Waals surface area (Å²) in [6, 6.07) is 4.97.